The molecule has 4 heteroatoms. The number of hydrogen-bond donors (Lipinski definition) is 1. The van der Waals surface area contributed by atoms with E-state index in [4.69, 9.17) is 0 Å². The molecule has 0 spiro atoms. The molecule has 1 saturated carbocycles. The Kier molecular flexibility index (Phi) is 2.44. The minimum Gasteiger partial charge on any atom is -0.345 e. The number of amides is 2. The van der Waals surface area contributed by atoms with Crippen LogP contribution in [0.4, 0.5) is 0 Å². The van der Waals surface area contributed by atoms with Crippen molar-refractivity contribution in [3.05, 3.63) is 0 Å². The Morgan fingerprint density at radius 3 is 2.79 bits per heavy atom. The van der Waals surface area contributed by atoms with Crippen LogP contribution in [-0.4, -0.2) is 35.8 Å². The number of carbonyl (C=O) groups excluding carboxylic acids is 2. The lowest BCUT2D eigenvalue weighted by molar-refractivity contribution is -0.144. The maximum atomic E-state index is 11.5. The lowest BCUT2D eigenvalue weighted by atomic mass is 10.1. The monoisotopic (exact) mass is 196 g/mol. The number of nitrogens with one attached hydrogen (secondary N) is 1. The molecule has 2 rings (SSSR count). The second-order valence-corrected chi connectivity index (χ2v) is 4.21. The second-order valence-electron chi connectivity index (χ2n) is 4.21. The van der Waals surface area contributed by atoms with Crippen molar-refractivity contribution >= 4 is 11.8 Å². The van der Waals surface area contributed by atoms with E-state index in [9.17, 15) is 9.59 Å². The number of carbonyl (C=O) groups is 2. The van der Waals surface area contributed by atoms with Gasteiger partial charge in [-0.3, -0.25) is 9.59 Å². The number of rotatable bonds is 3. The van der Waals surface area contributed by atoms with Crippen molar-refractivity contribution in [3.63, 3.8) is 0 Å². The fourth-order valence-electron chi connectivity index (χ4n) is 1.82. The Labute approximate surface area is 83.6 Å². The van der Waals surface area contributed by atoms with Crippen molar-refractivity contribution < 1.29 is 9.59 Å². The van der Waals surface area contributed by atoms with Gasteiger partial charge in [0.05, 0.1) is 6.54 Å². The largest absolute Gasteiger partial charge is 0.345 e. The van der Waals surface area contributed by atoms with Gasteiger partial charge in [0.15, 0.2) is 0 Å². The smallest absolute Gasteiger partial charge is 0.242 e. The molecular formula is C10H16N2O2. The molecule has 0 aromatic heterocycles. The van der Waals surface area contributed by atoms with Crippen LogP contribution in [0.25, 0.3) is 0 Å². The molecule has 1 saturated heterocycles. The second kappa shape index (κ2) is 3.59. The molecule has 2 aliphatic rings. The van der Waals surface area contributed by atoms with Crippen LogP contribution in [0.2, 0.25) is 0 Å². The number of piperazine rings is 1. The molecule has 14 heavy (non-hydrogen) atoms. The van der Waals surface area contributed by atoms with Gasteiger partial charge in [-0.05, 0) is 19.3 Å². The SMILES string of the molecule is CC1C(=O)NCC(=O)N1CCC1CC1. The molecule has 0 aromatic rings. The summed E-state index contributed by atoms with van der Waals surface area (Å²) in [4.78, 5) is 24.5. The van der Waals surface area contributed by atoms with Crippen LogP contribution < -0.4 is 5.32 Å². The van der Waals surface area contributed by atoms with E-state index in [2.05, 4.69) is 5.32 Å². The van der Waals surface area contributed by atoms with Crippen molar-refractivity contribution in [1.82, 2.24) is 10.2 Å². The average molecular weight is 196 g/mol. The molecule has 1 heterocycles. The summed E-state index contributed by atoms with van der Waals surface area (Å²) < 4.78 is 0. The van der Waals surface area contributed by atoms with E-state index in [1.165, 1.54) is 12.8 Å². The summed E-state index contributed by atoms with van der Waals surface area (Å²) in [6.07, 6.45) is 3.65. The Morgan fingerprint density at radius 1 is 1.43 bits per heavy atom. The third kappa shape index (κ3) is 1.89. The zero-order valence-corrected chi connectivity index (χ0v) is 8.45. The Morgan fingerprint density at radius 2 is 2.14 bits per heavy atom. The molecule has 2 amide bonds. The first-order chi connectivity index (χ1) is 6.68. The maximum absolute atomic E-state index is 11.5. The summed E-state index contributed by atoms with van der Waals surface area (Å²) in [5.41, 5.74) is 0. The fraction of sp³-hybridized carbons (Fsp3) is 0.800. The quantitative estimate of drug-likeness (QED) is 0.697. The summed E-state index contributed by atoms with van der Waals surface area (Å²) in [6.45, 7) is 2.71. The normalized spacial score (nSPS) is 27.8. The highest BCUT2D eigenvalue weighted by Gasteiger charge is 2.32. The van der Waals surface area contributed by atoms with E-state index in [0.29, 0.717) is 0 Å². The van der Waals surface area contributed by atoms with E-state index in [1.807, 2.05) is 0 Å². The summed E-state index contributed by atoms with van der Waals surface area (Å²) in [5, 5.41) is 2.58. The van der Waals surface area contributed by atoms with Gasteiger partial charge in [0.1, 0.15) is 6.04 Å². The highest BCUT2D eigenvalue weighted by Crippen LogP contribution is 2.32. The minimum absolute atomic E-state index is 0.0274. The third-order valence-corrected chi connectivity index (χ3v) is 3.06. The van der Waals surface area contributed by atoms with Crippen LogP contribution in [0.3, 0.4) is 0 Å². The number of nitrogens with zero attached hydrogens (tertiary/aromatic N) is 1. The third-order valence-electron chi connectivity index (χ3n) is 3.06. The van der Waals surface area contributed by atoms with Gasteiger partial charge in [0.25, 0.3) is 0 Å². The lowest BCUT2D eigenvalue weighted by Gasteiger charge is -2.32. The highest BCUT2D eigenvalue weighted by molar-refractivity contribution is 5.94. The molecule has 4 nitrogen and oxygen atoms in total. The zero-order chi connectivity index (χ0) is 10.1. The first kappa shape index (κ1) is 9.49. The van der Waals surface area contributed by atoms with Crippen LogP contribution in [0.15, 0.2) is 0 Å². The molecule has 0 bridgehead atoms. The first-order valence-electron chi connectivity index (χ1n) is 5.25. The molecule has 0 radical (unpaired) electrons. The molecule has 1 atom stereocenters. The molecule has 0 aromatic carbocycles. The van der Waals surface area contributed by atoms with Gasteiger partial charge in [0, 0.05) is 6.54 Å². The van der Waals surface area contributed by atoms with Gasteiger partial charge in [0.2, 0.25) is 11.8 Å². The maximum Gasteiger partial charge on any atom is 0.242 e. The lowest BCUT2D eigenvalue weighted by Crippen LogP contribution is -2.57. The number of hydrogen-bond acceptors (Lipinski definition) is 2. The predicted molar refractivity (Wildman–Crippen MR) is 51.5 cm³/mol. The van der Waals surface area contributed by atoms with Crippen LogP contribution >= 0.6 is 0 Å². The summed E-state index contributed by atoms with van der Waals surface area (Å²) in [7, 11) is 0. The van der Waals surface area contributed by atoms with Crippen LogP contribution in [-0.2, 0) is 9.59 Å². The van der Waals surface area contributed by atoms with E-state index < -0.39 is 0 Å². The fourth-order valence-corrected chi connectivity index (χ4v) is 1.82. The van der Waals surface area contributed by atoms with Gasteiger partial charge in [-0.25, -0.2) is 0 Å². The van der Waals surface area contributed by atoms with Gasteiger partial charge in [-0.2, -0.15) is 0 Å². The summed E-state index contributed by atoms with van der Waals surface area (Å²) in [6, 6.07) is -0.282. The summed E-state index contributed by atoms with van der Waals surface area (Å²) in [5.74, 6) is 0.832. The zero-order valence-electron chi connectivity index (χ0n) is 8.45. The molecule has 2 fully saturated rings. The van der Waals surface area contributed by atoms with E-state index in [0.717, 1.165) is 18.9 Å². The molecule has 1 unspecified atom stereocenters. The average Bonchev–Trinajstić information content (AvgIpc) is 2.95. The van der Waals surface area contributed by atoms with Crippen LogP contribution in [0.1, 0.15) is 26.2 Å². The topological polar surface area (TPSA) is 49.4 Å². The van der Waals surface area contributed by atoms with Crippen LogP contribution in [0.5, 0.6) is 0 Å². The van der Waals surface area contributed by atoms with Crippen molar-refractivity contribution in [1.29, 1.82) is 0 Å². The Hall–Kier alpha value is -1.06. The summed E-state index contributed by atoms with van der Waals surface area (Å²) >= 11 is 0. The van der Waals surface area contributed by atoms with Crippen molar-refractivity contribution in [2.45, 2.75) is 32.2 Å². The van der Waals surface area contributed by atoms with Gasteiger partial charge in [-0.15, -0.1) is 0 Å². The Bertz CT molecular complexity index is 261. The molecule has 1 aliphatic carbocycles. The highest BCUT2D eigenvalue weighted by atomic mass is 16.2. The first-order valence-corrected chi connectivity index (χ1v) is 5.25. The van der Waals surface area contributed by atoms with Gasteiger partial charge >= 0.3 is 0 Å². The van der Waals surface area contributed by atoms with E-state index in [-0.39, 0.29) is 24.4 Å². The van der Waals surface area contributed by atoms with Crippen molar-refractivity contribution in [2.24, 2.45) is 5.92 Å². The molecule has 1 N–H and O–H groups in total. The molecule has 78 valence electrons. The van der Waals surface area contributed by atoms with Gasteiger partial charge < -0.3 is 10.2 Å². The van der Waals surface area contributed by atoms with E-state index in [1.54, 1.807) is 11.8 Å². The molecule has 1 aliphatic heterocycles. The predicted octanol–water partition coefficient (Wildman–Crippen LogP) is 0.133. The standard InChI is InChI=1S/C10H16N2O2/c1-7-10(14)11-6-9(13)12(7)5-4-8-2-3-8/h7-8H,2-6H2,1H3,(H,11,14). The molecular weight excluding hydrogens is 180 g/mol. The van der Waals surface area contributed by atoms with E-state index >= 15 is 0 Å². The minimum atomic E-state index is -0.282. The van der Waals surface area contributed by atoms with Crippen molar-refractivity contribution in [3.8, 4) is 0 Å². The Balaban J connectivity index is 1.90. The van der Waals surface area contributed by atoms with Crippen LogP contribution in [0, 0.1) is 5.92 Å². The van der Waals surface area contributed by atoms with Crippen molar-refractivity contribution in [2.75, 3.05) is 13.1 Å². The van der Waals surface area contributed by atoms with Gasteiger partial charge in [-0.1, -0.05) is 12.8 Å².